The van der Waals surface area contributed by atoms with E-state index in [9.17, 15) is 0 Å². The smallest absolute Gasteiger partial charge is 0.129 e. The third kappa shape index (κ3) is 9.13. The van der Waals surface area contributed by atoms with Crippen molar-refractivity contribution in [3.8, 4) is 0 Å². The van der Waals surface area contributed by atoms with Gasteiger partial charge < -0.3 is 12.4 Å². The summed E-state index contributed by atoms with van der Waals surface area (Å²) in [5.74, 6) is 0. The fraction of sp³-hybridized carbons (Fsp3) is 0.625. The zero-order chi connectivity index (χ0) is 24.5. The van der Waals surface area contributed by atoms with Crippen molar-refractivity contribution in [3.05, 3.63) is 71.8 Å². The monoisotopic (exact) mass is 534 g/mol. The number of unbranched alkanes of at least 4 members (excludes halogenated alkanes) is 10. The average molecular weight is 535 g/mol. The molecule has 0 aliphatic carbocycles. The summed E-state index contributed by atoms with van der Waals surface area (Å²) in [5, 5.41) is 0.199. The minimum absolute atomic E-state index is 0. The van der Waals surface area contributed by atoms with Crippen molar-refractivity contribution in [2.75, 3.05) is 24.6 Å². The summed E-state index contributed by atoms with van der Waals surface area (Å²) in [7, 11) is 1.64. The number of hydrogen-bond acceptors (Lipinski definition) is 0. The molecule has 1 atom stereocenters. The van der Waals surface area contributed by atoms with Gasteiger partial charge in [-0.05, 0) is 57.3 Å². The van der Waals surface area contributed by atoms with Crippen LogP contribution in [0, 0.1) is 0 Å². The molecule has 0 saturated carbocycles. The molecule has 2 rings (SSSR count). The summed E-state index contributed by atoms with van der Waals surface area (Å²) >= 11 is 0. The average Bonchev–Trinajstić information content (AvgIpc) is 2.90. The first-order chi connectivity index (χ1) is 16.7. The zero-order valence-electron chi connectivity index (χ0n) is 23.0. The molecule has 0 heterocycles. The van der Waals surface area contributed by atoms with Crippen LogP contribution < -0.4 is 12.4 Å². The summed E-state index contributed by atoms with van der Waals surface area (Å²) in [6, 6.07) is 23.2. The molecular formula is C32H53ClP2. The van der Waals surface area contributed by atoms with E-state index < -0.39 is 7.26 Å². The normalized spacial score (nSPS) is 11.9. The van der Waals surface area contributed by atoms with Gasteiger partial charge in [-0.3, -0.25) is 0 Å². The van der Waals surface area contributed by atoms with E-state index in [2.05, 4.69) is 90.7 Å². The SMILES string of the molecule is CC[P+](CC)(CC)C(CCCCCCCCCCCCCP)(c1ccccc1)c1ccccc1.[Cl-]. The lowest BCUT2D eigenvalue weighted by Gasteiger charge is -2.45. The highest BCUT2D eigenvalue weighted by Crippen LogP contribution is 2.76. The van der Waals surface area contributed by atoms with Gasteiger partial charge in [-0.25, -0.2) is 0 Å². The highest BCUT2D eigenvalue weighted by molar-refractivity contribution is 7.77. The molecular weight excluding hydrogens is 482 g/mol. The Bertz CT molecular complexity index is 695. The second-order valence-electron chi connectivity index (χ2n) is 10.1. The number of rotatable bonds is 19. The quantitative estimate of drug-likeness (QED) is 0.129. The summed E-state index contributed by atoms with van der Waals surface area (Å²) < 4.78 is 0. The Hall–Kier alpha value is -0.410. The topological polar surface area (TPSA) is 0 Å². The molecule has 0 aliphatic heterocycles. The number of halogens is 1. The van der Waals surface area contributed by atoms with Gasteiger partial charge in [-0.1, -0.05) is 118 Å². The fourth-order valence-corrected chi connectivity index (χ4v) is 11.5. The Labute approximate surface area is 227 Å². The van der Waals surface area contributed by atoms with Crippen molar-refractivity contribution in [2.45, 2.75) is 103 Å². The van der Waals surface area contributed by atoms with Crippen molar-refractivity contribution >= 4 is 16.5 Å². The number of hydrogen-bond donors (Lipinski definition) is 0. The van der Waals surface area contributed by atoms with Crippen LogP contribution in [0.3, 0.4) is 0 Å². The van der Waals surface area contributed by atoms with Crippen molar-refractivity contribution < 1.29 is 12.4 Å². The molecule has 0 bridgehead atoms. The van der Waals surface area contributed by atoms with Gasteiger partial charge in [0.25, 0.3) is 0 Å². The van der Waals surface area contributed by atoms with Crippen LogP contribution in [0.25, 0.3) is 0 Å². The first-order valence-corrected chi connectivity index (χ1v) is 17.5. The van der Waals surface area contributed by atoms with E-state index in [1.807, 2.05) is 0 Å². The van der Waals surface area contributed by atoms with E-state index in [1.54, 1.807) is 11.1 Å². The first-order valence-electron chi connectivity index (χ1n) is 14.4. The molecule has 0 fully saturated rings. The molecule has 0 aromatic heterocycles. The van der Waals surface area contributed by atoms with Gasteiger partial charge in [0.15, 0.2) is 0 Å². The maximum Gasteiger partial charge on any atom is 0.129 e. The van der Waals surface area contributed by atoms with E-state index >= 15 is 0 Å². The maximum absolute atomic E-state index is 2.85. The Morgan fingerprint density at radius 1 is 0.543 bits per heavy atom. The Balaban J connectivity index is 0.00000612. The Morgan fingerprint density at radius 3 is 1.23 bits per heavy atom. The van der Waals surface area contributed by atoms with Gasteiger partial charge in [0, 0.05) is 7.26 Å². The lowest BCUT2D eigenvalue weighted by Crippen LogP contribution is -3.00. The molecule has 0 spiro atoms. The lowest BCUT2D eigenvalue weighted by atomic mass is 9.85. The Kier molecular flexibility index (Phi) is 17.5. The zero-order valence-corrected chi connectivity index (χ0v) is 25.8. The minimum Gasteiger partial charge on any atom is -1.00 e. The predicted octanol–water partition coefficient (Wildman–Crippen LogP) is 7.57. The van der Waals surface area contributed by atoms with E-state index in [0.29, 0.717) is 0 Å². The molecule has 198 valence electrons. The number of benzene rings is 2. The standard InChI is InChI=1S/C32H53P2.ClH/c1-4-34(5-2,6-3)32(30-24-18-16-19-25-30,31-26-20-17-21-27-31)28-22-14-12-10-8-7-9-11-13-15-23-29-33;/h16-21,24-27H,4-15,22-23,28-29,33H2,1-3H3;1H/q+1;/p-1. The summed E-state index contributed by atoms with van der Waals surface area (Å²) in [5.41, 5.74) is 3.14. The van der Waals surface area contributed by atoms with Crippen LogP contribution in [0.1, 0.15) is 109 Å². The lowest BCUT2D eigenvalue weighted by molar-refractivity contribution is -0.00000715. The van der Waals surface area contributed by atoms with Gasteiger partial charge in [-0.2, -0.15) is 0 Å². The van der Waals surface area contributed by atoms with Crippen LogP contribution >= 0.6 is 16.5 Å². The maximum atomic E-state index is 2.85. The molecule has 1 unspecified atom stereocenters. The third-order valence-electron chi connectivity index (χ3n) is 8.37. The highest BCUT2D eigenvalue weighted by atomic mass is 35.5. The molecule has 35 heavy (non-hydrogen) atoms. The van der Waals surface area contributed by atoms with Crippen LogP contribution in [-0.4, -0.2) is 24.6 Å². The highest BCUT2D eigenvalue weighted by Gasteiger charge is 2.56. The van der Waals surface area contributed by atoms with Gasteiger partial charge in [-0.15, -0.1) is 9.24 Å². The van der Waals surface area contributed by atoms with Crippen LogP contribution in [0.5, 0.6) is 0 Å². The van der Waals surface area contributed by atoms with Crippen LogP contribution in [0.15, 0.2) is 60.7 Å². The third-order valence-corrected chi connectivity index (χ3v) is 14.8. The van der Waals surface area contributed by atoms with Crippen LogP contribution in [0.2, 0.25) is 0 Å². The van der Waals surface area contributed by atoms with E-state index in [1.165, 1.54) is 102 Å². The second-order valence-corrected chi connectivity index (χ2v) is 15.6. The molecule has 3 heteroatoms. The Morgan fingerprint density at radius 2 is 0.886 bits per heavy atom. The summed E-state index contributed by atoms with van der Waals surface area (Å²) in [4.78, 5) is 0. The van der Waals surface area contributed by atoms with Gasteiger partial charge >= 0.3 is 0 Å². The van der Waals surface area contributed by atoms with Crippen molar-refractivity contribution in [1.82, 2.24) is 0 Å². The van der Waals surface area contributed by atoms with E-state index in [0.717, 1.165) is 0 Å². The first kappa shape index (κ1) is 32.6. The summed E-state index contributed by atoms with van der Waals surface area (Å²) in [6.07, 6.45) is 22.1. The van der Waals surface area contributed by atoms with Crippen molar-refractivity contribution in [2.24, 2.45) is 0 Å². The summed E-state index contributed by atoms with van der Waals surface area (Å²) in [6.45, 7) is 7.42. The molecule has 0 radical (unpaired) electrons. The van der Waals surface area contributed by atoms with Gasteiger partial charge in [0.05, 0.1) is 18.5 Å². The molecule has 0 saturated heterocycles. The van der Waals surface area contributed by atoms with E-state index in [-0.39, 0.29) is 17.6 Å². The fourth-order valence-electron chi connectivity index (χ4n) is 6.26. The molecule has 0 amide bonds. The second kappa shape index (κ2) is 18.8. The molecule has 0 aliphatic rings. The predicted molar refractivity (Wildman–Crippen MR) is 162 cm³/mol. The molecule has 2 aromatic rings. The van der Waals surface area contributed by atoms with Crippen LogP contribution in [-0.2, 0) is 5.16 Å². The van der Waals surface area contributed by atoms with Gasteiger partial charge in [0.2, 0.25) is 0 Å². The minimum atomic E-state index is -1.21. The van der Waals surface area contributed by atoms with E-state index in [4.69, 9.17) is 0 Å². The van der Waals surface area contributed by atoms with Crippen molar-refractivity contribution in [1.29, 1.82) is 0 Å². The van der Waals surface area contributed by atoms with Crippen molar-refractivity contribution in [3.63, 3.8) is 0 Å². The largest absolute Gasteiger partial charge is 1.00 e. The molecule has 2 aromatic carbocycles. The molecule has 0 N–H and O–H groups in total. The van der Waals surface area contributed by atoms with Crippen LogP contribution in [0.4, 0.5) is 0 Å². The van der Waals surface area contributed by atoms with Gasteiger partial charge in [0.1, 0.15) is 5.16 Å². The molecule has 0 nitrogen and oxygen atoms in total.